The number of nitro benzene ring substituents is 1. The van der Waals surface area contributed by atoms with Gasteiger partial charge in [-0.1, -0.05) is 0 Å². The number of benzene rings is 2. The fraction of sp³-hybridized carbons (Fsp3) is 0.300. The number of nitrogens with one attached hydrogen (secondary N) is 2. The minimum Gasteiger partial charge on any atom is -0.477 e. The highest BCUT2D eigenvalue weighted by atomic mass is 32.2. The molecule has 1 aliphatic rings. The molecule has 2 aromatic rings. The average molecular weight is 462 g/mol. The maximum absolute atomic E-state index is 12.6. The Bertz CT molecular complexity index is 1130. The van der Waals surface area contributed by atoms with Gasteiger partial charge in [0.2, 0.25) is 15.9 Å². The molecule has 0 bridgehead atoms. The van der Waals surface area contributed by atoms with Gasteiger partial charge < -0.3 is 15.4 Å². The van der Waals surface area contributed by atoms with Gasteiger partial charge in [0.25, 0.3) is 5.91 Å². The Kier molecular flexibility index (Phi) is 7.05. The van der Waals surface area contributed by atoms with Gasteiger partial charge in [-0.05, 0) is 49.2 Å². The van der Waals surface area contributed by atoms with E-state index in [0.29, 0.717) is 24.5 Å². The van der Waals surface area contributed by atoms with E-state index in [2.05, 4.69) is 10.6 Å². The van der Waals surface area contributed by atoms with Crippen LogP contribution in [0, 0.1) is 10.1 Å². The Morgan fingerprint density at radius 2 is 1.66 bits per heavy atom. The Morgan fingerprint density at radius 3 is 2.22 bits per heavy atom. The topological polar surface area (TPSA) is 148 Å². The van der Waals surface area contributed by atoms with Gasteiger partial charge in [-0.25, -0.2) is 8.42 Å². The molecule has 11 nitrogen and oxygen atoms in total. The summed E-state index contributed by atoms with van der Waals surface area (Å²) in [6.07, 6.45) is 1.49. The summed E-state index contributed by atoms with van der Waals surface area (Å²) >= 11 is 0. The second-order valence-electron chi connectivity index (χ2n) is 7.09. The molecule has 32 heavy (non-hydrogen) atoms. The maximum atomic E-state index is 12.6. The summed E-state index contributed by atoms with van der Waals surface area (Å²) in [6, 6.07) is 9.70. The molecule has 0 saturated carbocycles. The standard InChI is InChI=1S/C20H22N4O7S/c1-14(25)21-15-4-6-16(7-5-15)22-20(26)13-31-19-9-8-17(12-18(19)24(27)28)32(29,30)23-10-2-3-11-23/h4-9,12H,2-3,10-11,13H2,1H3,(H,21,25)(H,22,26). The van der Waals surface area contributed by atoms with E-state index >= 15 is 0 Å². The number of hydrogen-bond donors (Lipinski definition) is 2. The molecular formula is C20H22N4O7S. The van der Waals surface area contributed by atoms with Crippen molar-refractivity contribution in [3.63, 3.8) is 0 Å². The van der Waals surface area contributed by atoms with Crippen molar-refractivity contribution >= 4 is 38.9 Å². The van der Waals surface area contributed by atoms with Gasteiger partial charge in [-0.3, -0.25) is 19.7 Å². The molecule has 0 unspecified atom stereocenters. The van der Waals surface area contributed by atoms with Crippen LogP contribution in [0.2, 0.25) is 0 Å². The van der Waals surface area contributed by atoms with Gasteiger partial charge in [0.15, 0.2) is 12.4 Å². The predicted octanol–water partition coefficient (Wildman–Crippen LogP) is 2.36. The minimum atomic E-state index is -3.83. The van der Waals surface area contributed by atoms with Crippen molar-refractivity contribution < 1.29 is 27.7 Å². The first-order valence-electron chi connectivity index (χ1n) is 9.76. The average Bonchev–Trinajstić information content (AvgIpc) is 3.29. The number of nitro groups is 1. The molecule has 2 N–H and O–H groups in total. The second-order valence-corrected chi connectivity index (χ2v) is 9.03. The molecule has 3 rings (SSSR count). The Labute approximate surface area is 184 Å². The lowest BCUT2D eigenvalue weighted by atomic mass is 10.2. The Hall–Kier alpha value is -3.51. The number of hydrogen-bond acceptors (Lipinski definition) is 7. The van der Waals surface area contributed by atoms with E-state index in [9.17, 15) is 28.1 Å². The quantitative estimate of drug-likeness (QED) is 0.452. The molecule has 0 aromatic heterocycles. The molecular weight excluding hydrogens is 440 g/mol. The zero-order valence-electron chi connectivity index (χ0n) is 17.2. The van der Waals surface area contributed by atoms with Gasteiger partial charge in [0, 0.05) is 37.5 Å². The van der Waals surface area contributed by atoms with E-state index in [0.717, 1.165) is 18.9 Å². The Balaban J connectivity index is 1.67. The normalized spacial score (nSPS) is 14.0. The van der Waals surface area contributed by atoms with Crippen LogP contribution in [0.3, 0.4) is 0 Å². The number of carbonyl (C=O) groups excluding carboxylic acids is 2. The Morgan fingerprint density at radius 1 is 1.06 bits per heavy atom. The summed E-state index contributed by atoms with van der Waals surface area (Å²) in [4.78, 5) is 33.7. The van der Waals surface area contributed by atoms with E-state index in [-0.39, 0.29) is 16.6 Å². The molecule has 1 saturated heterocycles. The van der Waals surface area contributed by atoms with E-state index in [4.69, 9.17) is 4.74 Å². The van der Waals surface area contributed by atoms with E-state index in [1.54, 1.807) is 24.3 Å². The number of amides is 2. The minimum absolute atomic E-state index is 0.192. The first kappa shape index (κ1) is 23.2. The summed E-state index contributed by atoms with van der Waals surface area (Å²) in [5, 5.41) is 16.6. The van der Waals surface area contributed by atoms with Gasteiger partial charge in [-0.2, -0.15) is 4.31 Å². The zero-order chi connectivity index (χ0) is 23.3. The van der Waals surface area contributed by atoms with Crippen LogP contribution in [-0.4, -0.2) is 49.2 Å². The van der Waals surface area contributed by atoms with Gasteiger partial charge >= 0.3 is 5.69 Å². The molecule has 2 amide bonds. The third-order valence-corrected chi connectivity index (χ3v) is 6.57. The zero-order valence-corrected chi connectivity index (χ0v) is 18.1. The lowest BCUT2D eigenvalue weighted by Crippen LogP contribution is -2.28. The third-order valence-electron chi connectivity index (χ3n) is 4.68. The molecule has 12 heteroatoms. The summed E-state index contributed by atoms with van der Waals surface area (Å²) in [7, 11) is -3.83. The van der Waals surface area contributed by atoms with Crippen LogP contribution in [0.5, 0.6) is 5.75 Å². The van der Waals surface area contributed by atoms with Crippen LogP contribution in [0.4, 0.5) is 17.1 Å². The summed E-state index contributed by atoms with van der Waals surface area (Å²) in [5.74, 6) is -1.01. The van der Waals surface area contributed by atoms with Gasteiger partial charge in [-0.15, -0.1) is 0 Å². The number of rotatable bonds is 8. The van der Waals surface area contributed by atoms with Crippen LogP contribution in [0.25, 0.3) is 0 Å². The largest absolute Gasteiger partial charge is 0.477 e. The van der Waals surface area contributed by atoms with Crippen LogP contribution < -0.4 is 15.4 Å². The van der Waals surface area contributed by atoms with Crippen molar-refractivity contribution in [2.75, 3.05) is 30.3 Å². The highest BCUT2D eigenvalue weighted by Crippen LogP contribution is 2.31. The summed E-state index contributed by atoms with van der Waals surface area (Å²) in [6.45, 7) is 1.60. The fourth-order valence-corrected chi connectivity index (χ4v) is 4.72. The lowest BCUT2D eigenvalue weighted by Gasteiger charge is -2.16. The molecule has 1 fully saturated rings. The third kappa shape index (κ3) is 5.59. The first-order chi connectivity index (χ1) is 15.2. The highest BCUT2D eigenvalue weighted by molar-refractivity contribution is 7.89. The maximum Gasteiger partial charge on any atom is 0.312 e. The van der Waals surface area contributed by atoms with Crippen molar-refractivity contribution in [1.82, 2.24) is 4.31 Å². The van der Waals surface area contributed by atoms with Gasteiger partial charge in [0.1, 0.15) is 0 Å². The van der Waals surface area contributed by atoms with Crippen molar-refractivity contribution in [2.24, 2.45) is 0 Å². The molecule has 1 aliphatic heterocycles. The second kappa shape index (κ2) is 9.75. The summed E-state index contributed by atoms with van der Waals surface area (Å²) in [5.41, 5.74) is 0.457. The van der Waals surface area contributed by atoms with Crippen LogP contribution >= 0.6 is 0 Å². The van der Waals surface area contributed by atoms with Crippen LogP contribution in [0.15, 0.2) is 47.4 Å². The first-order valence-corrected chi connectivity index (χ1v) is 11.2. The number of nitrogens with zero attached hydrogens (tertiary/aromatic N) is 2. The molecule has 0 radical (unpaired) electrons. The van der Waals surface area contributed by atoms with Crippen LogP contribution in [0.1, 0.15) is 19.8 Å². The van der Waals surface area contributed by atoms with Crippen molar-refractivity contribution in [3.8, 4) is 5.75 Å². The predicted molar refractivity (Wildman–Crippen MR) is 116 cm³/mol. The molecule has 0 spiro atoms. The molecule has 2 aromatic carbocycles. The van der Waals surface area contributed by atoms with E-state index in [1.807, 2.05) is 0 Å². The molecule has 170 valence electrons. The SMILES string of the molecule is CC(=O)Nc1ccc(NC(=O)COc2ccc(S(=O)(=O)N3CCCC3)cc2[N+](=O)[O-])cc1. The van der Waals surface area contributed by atoms with Gasteiger partial charge in [0.05, 0.1) is 9.82 Å². The van der Waals surface area contributed by atoms with Crippen LogP contribution in [-0.2, 0) is 19.6 Å². The van der Waals surface area contributed by atoms with Crippen molar-refractivity contribution in [2.45, 2.75) is 24.7 Å². The van der Waals surface area contributed by atoms with E-state index in [1.165, 1.54) is 23.4 Å². The molecule has 0 aliphatic carbocycles. The number of carbonyl (C=O) groups is 2. The van der Waals surface area contributed by atoms with E-state index < -0.39 is 33.1 Å². The fourth-order valence-electron chi connectivity index (χ4n) is 3.18. The number of ether oxygens (including phenoxy) is 1. The number of sulfonamides is 1. The van der Waals surface area contributed by atoms with Crippen molar-refractivity contribution in [3.05, 3.63) is 52.6 Å². The smallest absolute Gasteiger partial charge is 0.312 e. The number of anilines is 2. The summed E-state index contributed by atoms with van der Waals surface area (Å²) < 4.78 is 31.9. The lowest BCUT2D eigenvalue weighted by molar-refractivity contribution is -0.386. The molecule has 1 heterocycles. The van der Waals surface area contributed by atoms with Crippen molar-refractivity contribution in [1.29, 1.82) is 0 Å². The molecule has 0 atom stereocenters. The monoisotopic (exact) mass is 462 g/mol. The highest BCUT2D eigenvalue weighted by Gasteiger charge is 2.30.